The molecule has 5 aromatic rings. The van der Waals surface area contributed by atoms with Crippen molar-refractivity contribution in [3.05, 3.63) is 113 Å². The van der Waals surface area contributed by atoms with Crippen LogP contribution >= 0.6 is 0 Å². The number of benzene rings is 3. The first-order valence-corrected chi connectivity index (χ1v) is 12.8. The molecule has 0 saturated heterocycles. The molecule has 1 aliphatic rings. The average molecular weight is 550 g/mol. The summed E-state index contributed by atoms with van der Waals surface area (Å²) in [5.74, 6) is -1.86. The summed E-state index contributed by atoms with van der Waals surface area (Å²) in [6.07, 6.45) is 3.29. The maximum absolute atomic E-state index is 14.9. The molecule has 0 unspecified atom stereocenters. The second kappa shape index (κ2) is 10.5. The minimum atomic E-state index is -0.937. The Bertz CT molecular complexity index is 1880. The molecule has 1 atom stereocenters. The summed E-state index contributed by atoms with van der Waals surface area (Å²) in [7, 11) is 0. The van der Waals surface area contributed by atoms with Crippen molar-refractivity contribution in [1.82, 2.24) is 31.1 Å². The highest BCUT2D eigenvalue weighted by Gasteiger charge is 2.32. The summed E-state index contributed by atoms with van der Waals surface area (Å²) in [5.41, 5.74) is 2.68. The van der Waals surface area contributed by atoms with Crippen molar-refractivity contribution in [2.75, 3.05) is 5.32 Å². The van der Waals surface area contributed by atoms with E-state index in [1.54, 1.807) is 37.5 Å². The summed E-state index contributed by atoms with van der Waals surface area (Å²) >= 11 is 0. The van der Waals surface area contributed by atoms with Gasteiger partial charge in [0.15, 0.2) is 0 Å². The van der Waals surface area contributed by atoms with Gasteiger partial charge in [-0.3, -0.25) is 19.7 Å². The number of hydrogen-bond acceptors (Lipinski definition) is 5. The van der Waals surface area contributed by atoms with Gasteiger partial charge in [-0.15, -0.1) is 0 Å². The van der Waals surface area contributed by atoms with Crippen molar-refractivity contribution in [1.29, 1.82) is 0 Å². The fraction of sp³-hybridized carbons (Fsp3) is 0.100. The van der Waals surface area contributed by atoms with Crippen molar-refractivity contribution in [2.24, 2.45) is 0 Å². The second-order valence-corrected chi connectivity index (χ2v) is 9.60. The molecule has 41 heavy (non-hydrogen) atoms. The minimum Gasteiger partial charge on any atom is -0.346 e. The van der Waals surface area contributed by atoms with Gasteiger partial charge in [-0.25, -0.2) is 9.18 Å². The summed E-state index contributed by atoms with van der Waals surface area (Å²) in [6.45, 7) is 1.69. The molecule has 3 heterocycles. The molecule has 0 saturated carbocycles. The van der Waals surface area contributed by atoms with Crippen LogP contribution in [0.3, 0.4) is 0 Å². The van der Waals surface area contributed by atoms with E-state index in [1.807, 2.05) is 30.3 Å². The molecular weight excluding hydrogens is 525 g/mol. The van der Waals surface area contributed by atoms with E-state index in [9.17, 15) is 18.8 Å². The van der Waals surface area contributed by atoms with Gasteiger partial charge in [0.2, 0.25) is 0 Å². The van der Waals surface area contributed by atoms with E-state index in [0.29, 0.717) is 22.6 Å². The van der Waals surface area contributed by atoms with Gasteiger partial charge in [0.1, 0.15) is 5.82 Å². The number of hydrogen-bond donors (Lipinski definition) is 5. The van der Waals surface area contributed by atoms with Gasteiger partial charge in [0, 0.05) is 28.4 Å². The lowest BCUT2D eigenvalue weighted by Gasteiger charge is -2.29. The number of halogens is 1. The van der Waals surface area contributed by atoms with E-state index < -0.39 is 29.7 Å². The third-order valence-electron chi connectivity index (χ3n) is 6.95. The Hall–Kier alpha value is -5.58. The maximum Gasteiger partial charge on any atom is 0.319 e. The van der Waals surface area contributed by atoms with E-state index in [0.717, 1.165) is 27.7 Å². The number of nitrogens with zero attached hydrogens (tertiary/aromatic N) is 2. The molecule has 5 N–H and O–H groups in total. The number of aromatic nitrogens is 3. The molecule has 0 spiro atoms. The molecule has 3 aromatic carbocycles. The number of allylic oxidation sites excluding steroid dienone is 1. The number of pyridine rings is 1. The number of H-pyrrole nitrogens is 1. The Balaban J connectivity index is 1.26. The van der Waals surface area contributed by atoms with Crippen LogP contribution in [-0.4, -0.2) is 33.0 Å². The van der Waals surface area contributed by atoms with Gasteiger partial charge in [0.25, 0.3) is 11.8 Å². The number of aromatic amines is 1. The zero-order valence-corrected chi connectivity index (χ0v) is 21.8. The summed E-state index contributed by atoms with van der Waals surface area (Å²) in [4.78, 5) is 43.3. The van der Waals surface area contributed by atoms with E-state index in [2.05, 4.69) is 36.4 Å². The highest BCUT2D eigenvalue weighted by molar-refractivity contribution is 6.07. The predicted octanol–water partition coefficient (Wildman–Crippen LogP) is 4.45. The number of fused-ring (bicyclic) bond motifs is 2. The molecule has 1 aliphatic heterocycles. The lowest BCUT2D eigenvalue weighted by atomic mass is 9.93. The maximum atomic E-state index is 14.9. The number of urea groups is 1. The quantitative estimate of drug-likeness (QED) is 0.213. The van der Waals surface area contributed by atoms with Crippen LogP contribution in [0.4, 0.5) is 14.9 Å². The van der Waals surface area contributed by atoms with Crippen molar-refractivity contribution in [3.63, 3.8) is 0 Å². The highest BCUT2D eigenvalue weighted by atomic mass is 19.1. The summed E-state index contributed by atoms with van der Waals surface area (Å²) < 4.78 is 14.9. The van der Waals surface area contributed by atoms with Crippen LogP contribution in [0.25, 0.3) is 21.7 Å². The predicted molar refractivity (Wildman–Crippen MR) is 151 cm³/mol. The van der Waals surface area contributed by atoms with Crippen LogP contribution in [0, 0.1) is 5.82 Å². The van der Waals surface area contributed by atoms with Crippen LogP contribution in [0.5, 0.6) is 0 Å². The fourth-order valence-electron chi connectivity index (χ4n) is 4.94. The SMILES string of the molecule is CC1=C(C(=O)Nc2ccc3[nH]ncc3c2)[C@H](c2ccc(F)c(C(=O)NCc3nccc4ccccc34)c2)NC(=O)N1. The molecule has 2 aromatic heterocycles. The zero-order valence-electron chi connectivity index (χ0n) is 21.8. The Morgan fingerprint density at radius 3 is 2.73 bits per heavy atom. The third kappa shape index (κ3) is 5.08. The molecule has 0 radical (unpaired) electrons. The lowest BCUT2D eigenvalue weighted by molar-refractivity contribution is -0.113. The van der Waals surface area contributed by atoms with Gasteiger partial charge >= 0.3 is 6.03 Å². The zero-order chi connectivity index (χ0) is 28.5. The number of rotatable bonds is 6. The first-order chi connectivity index (χ1) is 19.9. The number of anilines is 1. The van der Waals surface area contributed by atoms with Crippen molar-refractivity contribution in [3.8, 4) is 0 Å². The van der Waals surface area contributed by atoms with Gasteiger partial charge in [-0.1, -0.05) is 30.3 Å². The van der Waals surface area contributed by atoms with Crippen molar-refractivity contribution < 1.29 is 18.8 Å². The highest BCUT2D eigenvalue weighted by Crippen LogP contribution is 2.29. The van der Waals surface area contributed by atoms with Crippen LogP contribution in [0.15, 0.2) is 90.4 Å². The standard InChI is InChI=1S/C30H24FN7O3/c1-16-26(29(40)36-20-7-9-24-19(12-20)14-34-38-24)27(37-30(41)35-16)18-6-8-23(31)22(13-18)28(39)33-15-25-21-5-3-2-4-17(21)10-11-32-25/h2-14,27H,15H2,1H3,(H,33,39)(H,34,38)(H,36,40)(H2,35,37,41)/t27-/m0/s1. The van der Waals surface area contributed by atoms with Crippen LogP contribution in [-0.2, 0) is 11.3 Å². The van der Waals surface area contributed by atoms with Crippen LogP contribution < -0.4 is 21.3 Å². The second-order valence-electron chi connectivity index (χ2n) is 9.60. The Morgan fingerprint density at radius 1 is 1.00 bits per heavy atom. The summed E-state index contributed by atoms with van der Waals surface area (Å²) in [6, 6.07) is 17.2. The van der Waals surface area contributed by atoms with Crippen LogP contribution in [0.1, 0.15) is 34.6 Å². The van der Waals surface area contributed by atoms with E-state index >= 15 is 0 Å². The van der Waals surface area contributed by atoms with E-state index in [4.69, 9.17) is 0 Å². The van der Waals surface area contributed by atoms with Gasteiger partial charge in [0.05, 0.1) is 41.1 Å². The van der Waals surface area contributed by atoms with Crippen LogP contribution in [0.2, 0.25) is 0 Å². The number of carbonyl (C=O) groups excluding carboxylic acids is 3. The number of nitrogens with one attached hydrogen (secondary N) is 5. The van der Waals surface area contributed by atoms with E-state index in [1.165, 1.54) is 12.1 Å². The molecule has 0 bridgehead atoms. The van der Waals surface area contributed by atoms with Gasteiger partial charge in [-0.2, -0.15) is 5.10 Å². The van der Waals surface area contributed by atoms with Gasteiger partial charge in [-0.05, 0) is 54.3 Å². The average Bonchev–Trinajstić information content (AvgIpc) is 3.43. The first kappa shape index (κ1) is 25.7. The molecule has 11 heteroatoms. The molecule has 10 nitrogen and oxygen atoms in total. The number of amides is 4. The molecular formula is C30H24FN7O3. The normalized spacial score (nSPS) is 15.0. The molecule has 4 amide bonds. The third-order valence-corrected chi connectivity index (χ3v) is 6.95. The van der Waals surface area contributed by atoms with E-state index in [-0.39, 0.29) is 17.7 Å². The lowest BCUT2D eigenvalue weighted by Crippen LogP contribution is -2.46. The first-order valence-electron chi connectivity index (χ1n) is 12.8. The largest absolute Gasteiger partial charge is 0.346 e. The van der Waals surface area contributed by atoms with Gasteiger partial charge < -0.3 is 21.3 Å². The minimum absolute atomic E-state index is 0.0849. The smallest absolute Gasteiger partial charge is 0.319 e. The Kier molecular flexibility index (Phi) is 6.60. The molecule has 0 fully saturated rings. The molecule has 0 aliphatic carbocycles. The topological polar surface area (TPSA) is 141 Å². The summed E-state index contributed by atoms with van der Waals surface area (Å²) in [5, 5.41) is 20.4. The Labute approximate surface area is 233 Å². The van der Waals surface area contributed by atoms with Crippen molar-refractivity contribution >= 4 is 45.2 Å². The Morgan fingerprint density at radius 2 is 1.85 bits per heavy atom. The molecule has 204 valence electrons. The monoisotopic (exact) mass is 549 g/mol. The molecule has 6 rings (SSSR count). The fourth-order valence-corrected chi connectivity index (χ4v) is 4.94. The van der Waals surface area contributed by atoms with Crippen molar-refractivity contribution in [2.45, 2.75) is 19.5 Å². The number of carbonyl (C=O) groups is 3.